The van der Waals surface area contributed by atoms with Crippen LogP contribution in [0.15, 0.2) is 65.6 Å². The molecule has 6 heteroatoms. The summed E-state index contributed by atoms with van der Waals surface area (Å²) in [6, 6.07) is 19.1. The molecule has 0 saturated carbocycles. The Labute approximate surface area is 179 Å². The summed E-state index contributed by atoms with van der Waals surface area (Å²) in [6.07, 6.45) is 4.28. The highest BCUT2D eigenvalue weighted by atomic mass is 32.2. The Morgan fingerprint density at radius 3 is 2.47 bits per heavy atom. The number of fused-ring (bicyclic) bond motifs is 1. The molecule has 158 valence electrons. The molecule has 30 heavy (non-hydrogen) atoms. The number of benzene rings is 2. The fourth-order valence-corrected chi connectivity index (χ4v) is 5.35. The topological polar surface area (TPSA) is 62.3 Å². The van der Waals surface area contributed by atoms with E-state index in [-0.39, 0.29) is 5.75 Å². The maximum atomic E-state index is 12.4. The number of aromatic nitrogens is 1. The first-order valence-electron chi connectivity index (χ1n) is 10.8. The van der Waals surface area contributed by atoms with E-state index in [1.807, 2.05) is 18.2 Å². The van der Waals surface area contributed by atoms with Crippen LogP contribution in [-0.2, 0) is 16.4 Å². The van der Waals surface area contributed by atoms with Crippen LogP contribution in [0, 0.1) is 0 Å². The number of pyridine rings is 1. The molecule has 4 rings (SSSR count). The van der Waals surface area contributed by atoms with Crippen LogP contribution < -0.4 is 10.2 Å². The first-order chi connectivity index (χ1) is 14.6. The van der Waals surface area contributed by atoms with Gasteiger partial charge < -0.3 is 10.2 Å². The number of para-hydroxylation sites is 1. The average Bonchev–Trinajstić information content (AvgIpc) is 2.79. The SMILES string of the molecule is O=S(=O)(CCCNCc1cc2ccccc2nc1N1CCCCC1)c1ccccc1. The molecule has 1 aliphatic heterocycles. The van der Waals surface area contributed by atoms with E-state index in [9.17, 15) is 8.42 Å². The Morgan fingerprint density at radius 1 is 0.933 bits per heavy atom. The molecule has 1 aromatic heterocycles. The van der Waals surface area contributed by atoms with Crippen molar-refractivity contribution in [1.29, 1.82) is 0 Å². The molecule has 0 unspecified atom stereocenters. The number of hydrogen-bond donors (Lipinski definition) is 1. The van der Waals surface area contributed by atoms with Crippen LogP contribution in [0.3, 0.4) is 0 Å². The van der Waals surface area contributed by atoms with Gasteiger partial charge in [0.25, 0.3) is 0 Å². The molecule has 1 aliphatic rings. The number of anilines is 1. The van der Waals surface area contributed by atoms with Gasteiger partial charge in [0, 0.05) is 30.6 Å². The standard InChI is InChI=1S/C24H29N3O2S/c28-30(29,22-11-3-1-4-12-22)17-9-14-25-19-21-18-20-10-5-6-13-23(20)26-24(21)27-15-7-2-8-16-27/h1,3-6,10-13,18,25H,2,7-9,14-17,19H2. The highest BCUT2D eigenvalue weighted by Gasteiger charge is 2.17. The molecule has 1 fully saturated rings. The lowest BCUT2D eigenvalue weighted by Crippen LogP contribution is -2.32. The minimum absolute atomic E-state index is 0.152. The second-order valence-corrected chi connectivity index (χ2v) is 9.98. The lowest BCUT2D eigenvalue weighted by molar-refractivity contribution is 0.569. The lowest BCUT2D eigenvalue weighted by Gasteiger charge is -2.30. The van der Waals surface area contributed by atoms with Crippen molar-refractivity contribution in [2.24, 2.45) is 0 Å². The fourth-order valence-electron chi connectivity index (χ4n) is 4.02. The molecular formula is C24H29N3O2S. The summed E-state index contributed by atoms with van der Waals surface area (Å²) in [5.41, 5.74) is 2.21. The third kappa shape index (κ3) is 4.99. The predicted octanol–water partition coefficient (Wildman–Crippen LogP) is 4.18. The van der Waals surface area contributed by atoms with E-state index in [0.29, 0.717) is 24.4 Å². The quantitative estimate of drug-likeness (QED) is 0.551. The highest BCUT2D eigenvalue weighted by Crippen LogP contribution is 2.26. The van der Waals surface area contributed by atoms with E-state index in [1.54, 1.807) is 24.3 Å². The molecule has 2 heterocycles. The number of hydrogen-bond acceptors (Lipinski definition) is 5. The normalized spacial score (nSPS) is 14.9. The summed E-state index contributed by atoms with van der Waals surface area (Å²) in [4.78, 5) is 7.76. The van der Waals surface area contributed by atoms with E-state index in [4.69, 9.17) is 4.98 Å². The van der Waals surface area contributed by atoms with Gasteiger partial charge in [-0.1, -0.05) is 36.4 Å². The first-order valence-corrected chi connectivity index (χ1v) is 12.4. The number of nitrogens with one attached hydrogen (secondary N) is 1. The van der Waals surface area contributed by atoms with Crippen molar-refractivity contribution < 1.29 is 8.42 Å². The summed E-state index contributed by atoms with van der Waals surface area (Å²) in [7, 11) is -3.22. The second kappa shape index (κ2) is 9.58. The molecule has 0 atom stereocenters. The molecule has 0 radical (unpaired) electrons. The third-order valence-corrected chi connectivity index (χ3v) is 7.44. The van der Waals surface area contributed by atoms with Crippen molar-refractivity contribution in [3.05, 3.63) is 66.2 Å². The summed E-state index contributed by atoms with van der Waals surface area (Å²) >= 11 is 0. The van der Waals surface area contributed by atoms with Crippen LogP contribution in [0.4, 0.5) is 5.82 Å². The highest BCUT2D eigenvalue weighted by molar-refractivity contribution is 7.91. The summed E-state index contributed by atoms with van der Waals surface area (Å²) in [6.45, 7) is 3.44. The summed E-state index contributed by atoms with van der Waals surface area (Å²) in [5, 5.41) is 4.58. The van der Waals surface area contributed by atoms with Crippen LogP contribution >= 0.6 is 0 Å². The molecule has 1 N–H and O–H groups in total. The molecule has 2 aromatic carbocycles. The molecule has 5 nitrogen and oxygen atoms in total. The van der Waals surface area contributed by atoms with Gasteiger partial charge in [-0.2, -0.15) is 0 Å². The zero-order valence-corrected chi connectivity index (χ0v) is 18.1. The van der Waals surface area contributed by atoms with Gasteiger partial charge in [0.2, 0.25) is 0 Å². The van der Waals surface area contributed by atoms with Gasteiger partial charge in [-0.25, -0.2) is 13.4 Å². The molecule has 0 amide bonds. The molecular weight excluding hydrogens is 394 g/mol. The van der Waals surface area contributed by atoms with Crippen molar-refractivity contribution in [3.8, 4) is 0 Å². The smallest absolute Gasteiger partial charge is 0.178 e. The van der Waals surface area contributed by atoms with Crippen LogP contribution in [0.5, 0.6) is 0 Å². The maximum Gasteiger partial charge on any atom is 0.178 e. The van der Waals surface area contributed by atoms with Crippen molar-refractivity contribution in [2.75, 3.05) is 30.3 Å². The van der Waals surface area contributed by atoms with Crippen molar-refractivity contribution in [3.63, 3.8) is 0 Å². The zero-order valence-electron chi connectivity index (χ0n) is 17.3. The number of sulfone groups is 1. The van der Waals surface area contributed by atoms with Gasteiger partial charge in [-0.3, -0.25) is 0 Å². The van der Waals surface area contributed by atoms with Crippen molar-refractivity contribution >= 4 is 26.6 Å². The van der Waals surface area contributed by atoms with Gasteiger partial charge in [0.05, 0.1) is 16.2 Å². The van der Waals surface area contributed by atoms with Gasteiger partial charge in [-0.15, -0.1) is 0 Å². The maximum absolute atomic E-state index is 12.4. The first kappa shape index (κ1) is 20.8. The Morgan fingerprint density at radius 2 is 1.67 bits per heavy atom. The van der Waals surface area contributed by atoms with Gasteiger partial charge in [0.15, 0.2) is 9.84 Å². The molecule has 3 aromatic rings. The minimum atomic E-state index is -3.22. The van der Waals surface area contributed by atoms with Gasteiger partial charge in [-0.05, 0) is 56.5 Å². The molecule has 0 bridgehead atoms. The van der Waals surface area contributed by atoms with Gasteiger partial charge in [0.1, 0.15) is 5.82 Å². The monoisotopic (exact) mass is 423 g/mol. The van der Waals surface area contributed by atoms with E-state index < -0.39 is 9.84 Å². The molecule has 0 aliphatic carbocycles. The second-order valence-electron chi connectivity index (χ2n) is 7.87. The number of piperidine rings is 1. The van der Waals surface area contributed by atoms with E-state index in [2.05, 4.69) is 28.4 Å². The van der Waals surface area contributed by atoms with E-state index in [1.165, 1.54) is 24.8 Å². The van der Waals surface area contributed by atoms with Crippen LogP contribution in [0.1, 0.15) is 31.2 Å². The van der Waals surface area contributed by atoms with Crippen LogP contribution in [0.25, 0.3) is 10.9 Å². The average molecular weight is 424 g/mol. The van der Waals surface area contributed by atoms with Crippen LogP contribution in [-0.4, -0.2) is 38.8 Å². The van der Waals surface area contributed by atoms with E-state index >= 15 is 0 Å². The molecule has 1 saturated heterocycles. The van der Waals surface area contributed by atoms with Crippen molar-refractivity contribution in [2.45, 2.75) is 37.1 Å². The Bertz CT molecular complexity index is 1080. The Hall–Kier alpha value is -2.44. The summed E-state index contributed by atoms with van der Waals surface area (Å²) in [5.74, 6) is 1.22. The molecule has 0 spiro atoms. The largest absolute Gasteiger partial charge is 0.356 e. The predicted molar refractivity (Wildman–Crippen MR) is 123 cm³/mol. The fraction of sp³-hybridized carbons (Fsp3) is 0.375. The number of nitrogens with zero attached hydrogens (tertiary/aromatic N) is 2. The van der Waals surface area contributed by atoms with Gasteiger partial charge >= 0.3 is 0 Å². The third-order valence-electron chi connectivity index (χ3n) is 5.62. The zero-order chi connectivity index (χ0) is 20.8. The van der Waals surface area contributed by atoms with E-state index in [0.717, 1.165) is 29.8 Å². The van der Waals surface area contributed by atoms with Crippen molar-refractivity contribution in [1.82, 2.24) is 10.3 Å². The summed E-state index contributed by atoms with van der Waals surface area (Å²) < 4.78 is 24.9. The Balaban J connectivity index is 1.40. The van der Waals surface area contributed by atoms with Crippen LogP contribution in [0.2, 0.25) is 0 Å². The lowest BCUT2D eigenvalue weighted by atomic mass is 10.1. The number of rotatable bonds is 8. The minimum Gasteiger partial charge on any atom is -0.356 e. The Kier molecular flexibility index (Phi) is 6.65.